The molecule has 144 valence electrons. The van der Waals surface area contributed by atoms with Gasteiger partial charge in [0.05, 0.1) is 5.69 Å². The average Bonchev–Trinajstić information content (AvgIpc) is 2.95. The van der Waals surface area contributed by atoms with Crippen LogP contribution >= 0.6 is 0 Å². The van der Waals surface area contributed by atoms with Crippen molar-refractivity contribution in [1.82, 2.24) is 4.98 Å². The number of anilines is 3. The molecule has 0 bridgehead atoms. The van der Waals surface area contributed by atoms with Gasteiger partial charge in [-0.25, -0.2) is 9.78 Å². The van der Waals surface area contributed by atoms with Crippen LogP contribution in [0, 0.1) is 18.3 Å². The van der Waals surface area contributed by atoms with Crippen molar-refractivity contribution in [1.29, 1.82) is 0 Å². The van der Waals surface area contributed by atoms with Crippen molar-refractivity contribution in [2.75, 3.05) is 22.1 Å². The number of amides is 2. The molecular formula is C23H26N4O. The second kappa shape index (κ2) is 7.15. The van der Waals surface area contributed by atoms with E-state index in [2.05, 4.69) is 52.6 Å². The summed E-state index contributed by atoms with van der Waals surface area (Å²) in [7, 11) is 0. The number of urea groups is 1. The van der Waals surface area contributed by atoms with Crippen LogP contribution in [0.25, 0.3) is 0 Å². The highest BCUT2D eigenvalue weighted by Crippen LogP contribution is 2.48. The minimum atomic E-state index is -0.273. The average molecular weight is 374 g/mol. The summed E-state index contributed by atoms with van der Waals surface area (Å²) in [5, 5.41) is 5.86. The smallest absolute Gasteiger partial charge is 0.323 e. The summed E-state index contributed by atoms with van der Waals surface area (Å²) >= 11 is 0. The molecule has 1 aromatic heterocycles. The molecule has 1 unspecified atom stereocenters. The number of fused-ring (bicyclic) bond motifs is 1. The van der Waals surface area contributed by atoms with Crippen LogP contribution in [-0.4, -0.2) is 17.6 Å². The predicted octanol–water partition coefficient (Wildman–Crippen LogP) is 5.34. The van der Waals surface area contributed by atoms with Gasteiger partial charge in [0.15, 0.2) is 5.82 Å². The molecule has 4 rings (SSSR count). The van der Waals surface area contributed by atoms with Gasteiger partial charge in [-0.15, -0.1) is 0 Å². The third-order valence-corrected chi connectivity index (χ3v) is 5.55. The largest absolute Gasteiger partial charge is 0.328 e. The first-order chi connectivity index (χ1) is 13.4. The molecule has 1 aliphatic carbocycles. The van der Waals surface area contributed by atoms with E-state index in [0.29, 0.717) is 11.6 Å². The lowest BCUT2D eigenvalue weighted by Crippen LogP contribution is -2.26. The fraction of sp³-hybridized carbons (Fsp3) is 0.304. The number of nitrogens with one attached hydrogen (secondary N) is 2. The predicted molar refractivity (Wildman–Crippen MR) is 115 cm³/mol. The highest BCUT2D eigenvalue weighted by molar-refractivity contribution is 6.01. The second-order valence-corrected chi connectivity index (χ2v) is 8.20. The quantitative estimate of drug-likeness (QED) is 0.762. The van der Waals surface area contributed by atoms with E-state index in [1.807, 2.05) is 43.3 Å². The van der Waals surface area contributed by atoms with Crippen molar-refractivity contribution in [3.63, 3.8) is 0 Å². The van der Waals surface area contributed by atoms with Crippen LogP contribution in [0.5, 0.6) is 0 Å². The van der Waals surface area contributed by atoms with E-state index in [4.69, 9.17) is 0 Å². The second-order valence-electron chi connectivity index (χ2n) is 8.20. The van der Waals surface area contributed by atoms with Gasteiger partial charge in [0.25, 0.3) is 0 Å². The minimum absolute atomic E-state index is 0.148. The van der Waals surface area contributed by atoms with Crippen LogP contribution in [0.2, 0.25) is 0 Å². The Kier molecular flexibility index (Phi) is 4.67. The molecule has 1 aromatic carbocycles. The summed E-state index contributed by atoms with van der Waals surface area (Å²) < 4.78 is 0. The first-order valence-corrected chi connectivity index (χ1v) is 9.68. The Labute approximate surface area is 166 Å². The molecule has 2 aromatic rings. The number of aromatic nitrogens is 1. The van der Waals surface area contributed by atoms with Gasteiger partial charge in [0, 0.05) is 30.0 Å². The zero-order chi connectivity index (χ0) is 19.7. The molecule has 1 atom stereocenters. The van der Waals surface area contributed by atoms with E-state index >= 15 is 0 Å². The Morgan fingerprint density at radius 1 is 1.18 bits per heavy atom. The van der Waals surface area contributed by atoms with E-state index in [1.165, 1.54) is 5.70 Å². The van der Waals surface area contributed by atoms with Crippen LogP contribution in [0.1, 0.15) is 25.8 Å². The number of allylic oxidation sites excluding steroid dienone is 4. The van der Waals surface area contributed by atoms with Crippen molar-refractivity contribution in [3.05, 3.63) is 72.1 Å². The third-order valence-electron chi connectivity index (χ3n) is 5.55. The molecule has 1 fully saturated rings. The van der Waals surface area contributed by atoms with Crippen LogP contribution in [0.4, 0.5) is 22.0 Å². The lowest BCUT2D eigenvalue weighted by molar-refractivity contribution is 0.262. The topological polar surface area (TPSA) is 57.3 Å². The lowest BCUT2D eigenvalue weighted by atomic mass is 9.77. The van der Waals surface area contributed by atoms with Crippen molar-refractivity contribution >= 4 is 23.2 Å². The van der Waals surface area contributed by atoms with Gasteiger partial charge < -0.3 is 15.5 Å². The first kappa shape index (κ1) is 18.3. The number of carbonyl (C=O) groups excluding carboxylic acids is 1. The van der Waals surface area contributed by atoms with Gasteiger partial charge in [0.1, 0.15) is 0 Å². The molecule has 28 heavy (non-hydrogen) atoms. The molecule has 2 aliphatic rings. The summed E-state index contributed by atoms with van der Waals surface area (Å²) in [6.45, 7) is 7.48. The number of hydrogen-bond donors (Lipinski definition) is 2. The Balaban J connectivity index is 1.57. The Morgan fingerprint density at radius 2 is 1.96 bits per heavy atom. The highest BCUT2D eigenvalue weighted by Gasteiger charge is 2.44. The molecule has 5 heteroatoms. The SMILES string of the molecule is Cc1ccc(NC(=O)Nc2cccnc2N2CC(C)(C)C3CC=CC=C32)cc1. The van der Waals surface area contributed by atoms with Crippen LogP contribution in [-0.2, 0) is 0 Å². The van der Waals surface area contributed by atoms with Crippen LogP contribution in [0.3, 0.4) is 0 Å². The highest BCUT2D eigenvalue weighted by atomic mass is 16.2. The number of carbonyl (C=O) groups is 1. The summed E-state index contributed by atoms with van der Waals surface area (Å²) in [5.41, 5.74) is 4.04. The normalized spacial score (nSPS) is 19.8. The monoisotopic (exact) mass is 374 g/mol. The molecule has 5 nitrogen and oxygen atoms in total. The molecule has 1 aliphatic heterocycles. The van der Waals surface area contributed by atoms with E-state index < -0.39 is 0 Å². The molecule has 2 amide bonds. The molecule has 2 heterocycles. The molecule has 2 N–H and O–H groups in total. The van der Waals surface area contributed by atoms with Gasteiger partial charge in [-0.3, -0.25) is 0 Å². The van der Waals surface area contributed by atoms with E-state index in [0.717, 1.165) is 30.0 Å². The first-order valence-electron chi connectivity index (χ1n) is 9.68. The summed E-state index contributed by atoms with van der Waals surface area (Å²) in [5.74, 6) is 1.26. The van der Waals surface area contributed by atoms with Crippen LogP contribution < -0.4 is 15.5 Å². The Bertz CT molecular complexity index is 943. The van der Waals surface area contributed by atoms with Crippen molar-refractivity contribution in [3.8, 4) is 0 Å². The number of hydrogen-bond acceptors (Lipinski definition) is 3. The molecule has 0 saturated carbocycles. The minimum Gasteiger partial charge on any atom is -0.328 e. The third kappa shape index (κ3) is 3.52. The standard InChI is InChI=1S/C23H26N4O/c1-16-10-12-17(13-11-16)25-22(28)26-19-8-6-14-24-21(19)27-15-23(2,3)18-7-4-5-9-20(18)27/h4-6,8-14,18H,7,15H2,1-3H3,(H2,25,26,28). The Hall–Kier alpha value is -3.08. The fourth-order valence-corrected chi connectivity index (χ4v) is 4.05. The molecule has 0 spiro atoms. The number of rotatable bonds is 3. The molecule has 1 saturated heterocycles. The zero-order valence-electron chi connectivity index (χ0n) is 16.6. The van der Waals surface area contributed by atoms with Gasteiger partial charge in [0.2, 0.25) is 0 Å². The summed E-state index contributed by atoms with van der Waals surface area (Å²) in [4.78, 5) is 19.4. The maximum atomic E-state index is 12.5. The van der Waals surface area contributed by atoms with Gasteiger partial charge in [-0.1, -0.05) is 43.7 Å². The summed E-state index contributed by atoms with van der Waals surface area (Å²) in [6, 6.07) is 11.2. The Morgan fingerprint density at radius 3 is 2.75 bits per heavy atom. The number of aryl methyl sites for hydroxylation is 1. The number of benzene rings is 1. The molecule has 0 radical (unpaired) electrons. The maximum Gasteiger partial charge on any atom is 0.323 e. The lowest BCUT2D eigenvalue weighted by Gasteiger charge is -2.25. The van der Waals surface area contributed by atoms with E-state index in [-0.39, 0.29) is 11.4 Å². The summed E-state index contributed by atoms with van der Waals surface area (Å²) in [6.07, 6.45) is 9.33. The number of nitrogens with zero attached hydrogens (tertiary/aromatic N) is 2. The van der Waals surface area contributed by atoms with E-state index in [9.17, 15) is 4.79 Å². The van der Waals surface area contributed by atoms with Crippen molar-refractivity contribution in [2.45, 2.75) is 27.2 Å². The maximum absolute atomic E-state index is 12.5. The van der Waals surface area contributed by atoms with Gasteiger partial charge in [-0.2, -0.15) is 0 Å². The zero-order valence-corrected chi connectivity index (χ0v) is 16.6. The molecular weight excluding hydrogens is 348 g/mol. The van der Waals surface area contributed by atoms with Crippen molar-refractivity contribution in [2.24, 2.45) is 11.3 Å². The van der Waals surface area contributed by atoms with Crippen LogP contribution in [0.15, 0.2) is 66.5 Å². The van der Waals surface area contributed by atoms with Crippen molar-refractivity contribution < 1.29 is 4.79 Å². The van der Waals surface area contributed by atoms with E-state index in [1.54, 1.807) is 6.20 Å². The van der Waals surface area contributed by atoms with Gasteiger partial charge in [-0.05, 0) is 49.1 Å². The van der Waals surface area contributed by atoms with Gasteiger partial charge >= 0.3 is 6.03 Å². The fourth-order valence-electron chi connectivity index (χ4n) is 4.05. The number of pyridine rings is 1.